The van der Waals surface area contributed by atoms with Crippen molar-refractivity contribution < 1.29 is 9.18 Å². The quantitative estimate of drug-likeness (QED) is 0.735. The molecule has 1 unspecified atom stereocenters. The largest absolute Gasteiger partial charge is 0.368 e. The minimum Gasteiger partial charge on any atom is -0.368 e. The third-order valence-electron chi connectivity index (χ3n) is 4.96. The van der Waals surface area contributed by atoms with Crippen molar-refractivity contribution in [3.63, 3.8) is 0 Å². The van der Waals surface area contributed by atoms with Crippen molar-refractivity contribution in [2.45, 2.75) is 25.8 Å². The number of rotatable bonds is 5. The molecular formula is C22H21FN4O. The van der Waals surface area contributed by atoms with E-state index in [0.717, 1.165) is 12.1 Å². The maximum absolute atomic E-state index is 13.6. The predicted molar refractivity (Wildman–Crippen MR) is 107 cm³/mol. The van der Waals surface area contributed by atoms with Gasteiger partial charge in [0.1, 0.15) is 17.3 Å². The van der Waals surface area contributed by atoms with Crippen LogP contribution in [0.1, 0.15) is 28.5 Å². The first-order chi connectivity index (χ1) is 13.6. The van der Waals surface area contributed by atoms with Crippen LogP contribution >= 0.6 is 0 Å². The van der Waals surface area contributed by atoms with Crippen LogP contribution in [0.5, 0.6) is 0 Å². The Hall–Kier alpha value is -3.28. The van der Waals surface area contributed by atoms with Crippen LogP contribution in [0, 0.1) is 5.82 Å². The number of hydrogen-bond acceptors (Lipinski definition) is 4. The molecule has 0 spiro atoms. The molecular weight excluding hydrogens is 355 g/mol. The summed E-state index contributed by atoms with van der Waals surface area (Å²) in [5.41, 5.74) is 3.07. The second-order valence-corrected chi connectivity index (χ2v) is 6.91. The van der Waals surface area contributed by atoms with E-state index in [1.165, 1.54) is 17.8 Å². The molecule has 1 aliphatic heterocycles. The minimum atomic E-state index is -0.212. The van der Waals surface area contributed by atoms with Gasteiger partial charge in [-0.3, -0.25) is 4.79 Å². The molecule has 3 aromatic rings. The van der Waals surface area contributed by atoms with Gasteiger partial charge in [0.05, 0.1) is 12.4 Å². The molecule has 2 aromatic carbocycles. The van der Waals surface area contributed by atoms with E-state index in [4.69, 9.17) is 0 Å². The summed E-state index contributed by atoms with van der Waals surface area (Å²) in [6.45, 7) is 2.56. The second-order valence-electron chi connectivity index (χ2n) is 6.91. The molecule has 4 rings (SSSR count). The molecule has 28 heavy (non-hydrogen) atoms. The van der Waals surface area contributed by atoms with Crippen LogP contribution in [0.4, 0.5) is 15.9 Å². The van der Waals surface area contributed by atoms with Crippen molar-refractivity contribution in [2.24, 2.45) is 0 Å². The van der Waals surface area contributed by atoms with Crippen molar-refractivity contribution in [1.29, 1.82) is 0 Å². The first-order valence-corrected chi connectivity index (χ1v) is 9.34. The summed E-state index contributed by atoms with van der Waals surface area (Å²) in [4.78, 5) is 23.3. The van der Waals surface area contributed by atoms with E-state index >= 15 is 0 Å². The molecule has 1 aliphatic rings. The Morgan fingerprint density at radius 3 is 2.71 bits per heavy atom. The van der Waals surface area contributed by atoms with Crippen molar-refractivity contribution in [2.75, 3.05) is 16.8 Å². The number of halogens is 1. The smallest absolute Gasteiger partial charge is 0.278 e. The lowest BCUT2D eigenvalue weighted by Gasteiger charge is -2.22. The van der Waals surface area contributed by atoms with Gasteiger partial charge >= 0.3 is 0 Å². The molecule has 1 aromatic heterocycles. The van der Waals surface area contributed by atoms with Gasteiger partial charge in [-0.1, -0.05) is 36.4 Å². The van der Waals surface area contributed by atoms with E-state index in [-0.39, 0.29) is 17.8 Å². The number of fused-ring (bicyclic) bond motifs is 1. The third kappa shape index (κ3) is 3.58. The molecule has 0 bridgehead atoms. The van der Waals surface area contributed by atoms with Crippen molar-refractivity contribution >= 4 is 17.4 Å². The molecule has 6 heteroatoms. The number of carbonyl (C=O) groups is 1. The van der Waals surface area contributed by atoms with Gasteiger partial charge in [0.15, 0.2) is 0 Å². The molecule has 2 heterocycles. The number of hydrogen-bond donors (Lipinski definition) is 1. The van der Waals surface area contributed by atoms with Gasteiger partial charge in [0.2, 0.25) is 0 Å². The highest BCUT2D eigenvalue weighted by Gasteiger charge is 2.31. The van der Waals surface area contributed by atoms with Crippen molar-refractivity contribution in [1.82, 2.24) is 9.97 Å². The Morgan fingerprint density at radius 2 is 1.93 bits per heavy atom. The van der Waals surface area contributed by atoms with Crippen LogP contribution in [-0.4, -0.2) is 28.5 Å². The Labute approximate surface area is 163 Å². The maximum Gasteiger partial charge on any atom is 0.278 e. The zero-order valence-corrected chi connectivity index (χ0v) is 15.6. The van der Waals surface area contributed by atoms with Gasteiger partial charge < -0.3 is 10.2 Å². The molecule has 1 N–H and O–H groups in total. The summed E-state index contributed by atoms with van der Waals surface area (Å²) in [5.74, 6) is 0.196. The molecule has 142 valence electrons. The molecule has 0 radical (unpaired) electrons. The van der Waals surface area contributed by atoms with Gasteiger partial charge in [-0.25, -0.2) is 14.4 Å². The summed E-state index contributed by atoms with van der Waals surface area (Å²) in [7, 11) is 0. The fraction of sp³-hybridized carbons (Fsp3) is 0.227. The highest BCUT2D eigenvalue weighted by molar-refractivity contribution is 6.06. The van der Waals surface area contributed by atoms with Crippen molar-refractivity contribution in [3.05, 3.63) is 83.6 Å². The lowest BCUT2D eigenvalue weighted by atomic mass is 10.1. The van der Waals surface area contributed by atoms with Gasteiger partial charge in [-0.15, -0.1) is 0 Å². The molecule has 0 aliphatic carbocycles. The van der Waals surface area contributed by atoms with Gasteiger partial charge in [-0.2, -0.15) is 0 Å². The van der Waals surface area contributed by atoms with Gasteiger partial charge in [-0.05, 0) is 43.0 Å². The average molecular weight is 376 g/mol. The predicted octanol–water partition coefficient (Wildman–Crippen LogP) is 3.86. The summed E-state index contributed by atoms with van der Waals surface area (Å²) in [6, 6.07) is 14.7. The summed E-state index contributed by atoms with van der Waals surface area (Å²) >= 11 is 0. The van der Waals surface area contributed by atoms with Gasteiger partial charge in [0, 0.05) is 18.3 Å². The summed E-state index contributed by atoms with van der Waals surface area (Å²) in [5, 5.41) is 3.12. The SMILES string of the molecule is CC1Cc2ccccc2N1C(=O)c1cnc(NCCc2ccccc2F)cn1. The van der Waals surface area contributed by atoms with Crippen LogP contribution in [0.25, 0.3) is 0 Å². The fourth-order valence-electron chi connectivity index (χ4n) is 3.55. The minimum absolute atomic E-state index is 0.0882. The third-order valence-corrected chi connectivity index (χ3v) is 4.96. The normalized spacial score (nSPS) is 15.4. The zero-order valence-electron chi connectivity index (χ0n) is 15.6. The number of anilines is 2. The second kappa shape index (κ2) is 7.76. The molecule has 1 atom stereocenters. The van der Waals surface area contributed by atoms with Crippen LogP contribution in [0.15, 0.2) is 60.9 Å². The Morgan fingerprint density at radius 1 is 1.14 bits per heavy atom. The monoisotopic (exact) mass is 376 g/mol. The van der Waals surface area contributed by atoms with Crippen LogP contribution < -0.4 is 10.2 Å². The Kier molecular flexibility index (Phi) is 5.02. The Balaban J connectivity index is 1.41. The van der Waals surface area contributed by atoms with Gasteiger partial charge in [0.25, 0.3) is 5.91 Å². The number of nitrogens with zero attached hydrogens (tertiary/aromatic N) is 3. The molecule has 1 amide bonds. The Bertz CT molecular complexity index is 990. The standard InChI is InChI=1S/C22H21FN4O/c1-15-12-17-7-3-5-9-20(17)27(15)22(28)19-13-26-21(14-25-19)24-11-10-16-6-2-4-8-18(16)23/h2-9,13-15H,10-12H2,1H3,(H,24,26). The first kappa shape index (κ1) is 18.1. The number of benzene rings is 2. The summed E-state index contributed by atoms with van der Waals surface area (Å²) in [6.07, 6.45) is 4.41. The summed E-state index contributed by atoms with van der Waals surface area (Å²) < 4.78 is 13.6. The van der Waals surface area contributed by atoms with E-state index in [0.29, 0.717) is 30.0 Å². The highest BCUT2D eigenvalue weighted by Crippen LogP contribution is 2.32. The number of nitrogens with one attached hydrogen (secondary N) is 1. The molecule has 0 fully saturated rings. The zero-order chi connectivity index (χ0) is 19.5. The lowest BCUT2D eigenvalue weighted by molar-refractivity contribution is 0.0976. The molecule has 0 saturated heterocycles. The van der Waals surface area contributed by atoms with Crippen molar-refractivity contribution in [3.8, 4) is 0 Å². The lowest BCUT2D eigenvalue weighted by Crippen LogP contribution is -2.36. The van der Waals surface area contributed by atoms with Crippen LogP contribution in [-0.2, 0) is 12.8 Å². The maximum atomic E-state index is 13.6. The van der Waals surface area contributed by atoms with E-state index < -0.39 is 0 Å². The van der Waals surface area contributed by atoms with Crippen LogP contribution in [0.3, 0.4) is 0 Å². The molecule has 5 nitrogen and oxygen atoms in total. The molecule has 0 saturated carbocycles. The fourth-order valence-corrected chi connectivity index (χ4v) is 3.55. The number of aromatic nitrogens is 2. The number of para-hydroxylation sites is 1. The average Bonchev–Trinajstić information content (AvgIpc) is 3.05. The van der Waals surface area contributed by atoms with Crippen LogP contribution in [0.2, 0.25) is 0 Å². The van der Waals surface area contributed by atoms with E-state index in [9.17, 15) is 9.18 Å². The van der Waals surface area contributed by atoms with E-state index in [2.05, 4.69) is 15.3 Å². The topological polar surface area (TPSA) is 58.1 Å². The first-order valence-electron chi connectivity index (χ1n) is 9.34. The highest BCUT2D eigenvalue weighted by atomic mass is 19.1. The number of carbonyl (C=O) groups excluding carboxylic acids is 1. The number of amides is 1. The van der Waals surface area contributed by atoms with E-state index in [1.54, 1.807) is 23.2 Å². The van der Waals surface area contributed by atoms with E-state index in [1.807, 2.05) is 37.3 Å².